The third-order valence-corrected chi connectivity index (χ3v) is 2.32. The van der Waals surface area contributed by atoms with Crippen LogP contribution in [0.1, 0.15) is 11.5 Å². The Morgan fingerprint density at radius 2 is 2.35 bits per heavy atom. The Morgan fingerprint density at radius 3 is 2.94 bits per heavy atom. The highest BCUT2D eigenvalue weighted by Crippen LogP contribution is 2.05. The van der Waals surface area contributed by atoms with Crippen molar-refractivity contribution in [3.63, 3.8) is 0 Å². The van der Waals surface area contributed by atoms with Crippen LogP contribution in [0.4, 0.5) is 0 Å². The number of rotatable bonds is 5. The molecule has 1 rings (SSSR count). The summed E-state index contributed by atoms with van der Waals surface area (Å²) in [5, 5.41) is 3.74. The molecule has 7 nitrogen and oxygen atoms in total. The SMILES string of the molecule is CS(=O)(=O)NCc1ccc(/C=N\NC(N)=S)o1. The minimum atomic E-state index is -3.23. The van der Waals surface area contributed by atoms with Crippen LogP contribution in [0.25, 0.3) is 0 Å². The van der Waals surface area contributed by atoms with Gasteiger partial charge in [0.15, 0.2) is 5.11 Å². The molecular weight excluding hydrogens is 264 g/mol. The van der Waals surface area contributed by atoms with Gasteiger partial charge in [-0.15, -0.1) is 0 Å². The Hall–Kier alpha value is -1.45. The summed E-state index contributed by atoms with van der Waals surface area (Å²) in [6.07, 6.45) is 2.45. The summed E-state index contributed by atoms with van der Waals surface area (Å²) in [7, 11) is -3.23. The van der Waals surface area contributed by atoms with E-state index >= 15 is 0 Å². The monoisotopic (exact) mass is 276 g/mol. The minimum Gasteiger partial charge on any atom is -0.459 e. The topological polar surface area (TPSA) is 110 Å². The molecule has 0 unspecified atom stereocenters. The van der Waals surface area contributed by atoms with Crippen molar-refractivity contribution in [1.29, 1.82) is 0 Å². The first-order valence-electron chi connectivity index (χ1n) is 4.49. The lowest BCUT2D eigenvalue weighted by molar-refractivity contribution is 0.494. The van der Waals surface area contributed by atoms with E-state index < -0.39 is 10.0 Å². The van der Waals surface area contributed by atoms with Crippen LogP contribution in [0.5, 0.6) is 0 Å². The maximum Gasteiger partial charge on any atom is 0.209 e. The molecule has 0 fully saturated rings. The predicted molar refractivity (Wildman–Crippen MR) is 67.9 cm³/mol. The lowest BCUT2D eigenvalue weighted by Gasteiger charge is -1.97. The van der Waals surface area contributed by atoms with Crippen molar-refractivity contribution in [3.05, 3.63) is 23.7 Å². The average Bonchev–Trinajstić information content (AvgIpc) is 2.61. The first-order valence-corrected chi connectivity index (χ1v) is 6.78. The third kappa shape index (κ3) is 6.00. The molecule has 0 spiro atoms. The molecule has 0 atom stereocenters. The van der Waals surface area contributed by atoms with Gasteiger partial charge in [-0.2, -0.15) is 5.10 Å². The van der Waals surface area contributed by atoms with E-state index in [1.54, 1.807) is 12.1 Å². The molecule has 0 saturated carbocycles. The smallest absolute Gasteiger partial charge is 0.209 e. The van der Waals surface area contributed by atoms with Gasteiger partial charge in [0.05, 0.1) is 19.0 Å². The Labute approximate surface area is 104 Å². The van der Waals surface area contributed by atoms with Crippen LogP contribution in [0.3, 0.4) is 0 Å². The zero-order valence-corrected chi connectivity index (χ0v) is 10.6. The Morgan fingerprint density at radius 1 is 1.65 bits per heavy atom. The van der Waals surface area contributed by atoms with Gasteiger partial charge >= 0.3 is 0 Å². The van der Waals surface area contributed by atoms with Crippen LogP contribution < -0.4 is 15.9 Å². The van der Waals surface area contributed by atoms with E-state index in [2.05, 4.69) is 27.5 Å². The Balaban J connectivity index is 2.54. The number of nitrogens with two attached hydrogens (primary N) is 1. The van der Waals surface area contributed by atoms with E-state index in [1.165, 1.54) is 6.21 Å². The van der Waals surface area contributed by atoms with Gasteiger partial charge in [0.2, 0.25) is 10.0 Å². The van der Waals surface area contributed by atoms with Crippen LogP contribution in [-0.4, -0.2) is 26.0 Å². The highest BCUT2D eigenvalue weighted by molar-refractivity contribution is 7.88. The zero-order valence-electron chi connectivity index (χ0n) is 9.00. The first-order chi connectivity index (χ1) is 7.87. The lowest BCUT2D eigenvalue weighted by atomic mass is 10.4. The molecule has 0 aliphatic rings. The van der Waals surface area contributed by atoms with E-state index in [-0.39, 0.29) is 11.7 Å². The molecule has 4 N–H and O–H groups in total. The molecule has 1 aromatic rings. The summed E-state index contributed by atoms with van der Waals surface area (Å²) in [5.74, 6) is 0.936. The molecular formula is C8H12N4O3S2. The second-order valence-electron chi connectivity index (χ2n) is 3.13. The number of nitrogens with one attached hydrogen (secondary N) is 2. The molecule has 94 valence electrons. The zero-order chi connectivity index (χ0) is 12.9. The van der Waals surface area contributed by atoms with Crippen molar-refractivity contribution < 1.29 is 12.8 Å². The molecule has 0 bridgehead atoms. The maximum atomic E-state index is 10.8. The van der Waals surface area contributed by atoms with E-state index in [1.807, 2.05) is 0 Å². The molecule has 0 aliphatic carbocycles. The standard InChI is InChI=1S/C8H12N4O3S2/c1-17(13,14)11-5-7-3-2-6(15-7)4-10-12-8(9)16/h2-4,11H,5H2,1H3,(H3,9,12,16)/b10-4-. The molecule has 9 heteroatoms. The van der Waals surface area contributed by atoms with Crippen LogP contribution in [0, 0.1) is 0 Å². The van der Waals surface area contributed by atoms with E-state index in [0.717, 1.165) is 6.26 Å². The molecule has 17 heavy (non-hydrogen) atoms. The van der Waals surface area contributed by atoms with Crippen molar-refractivity contribution >= 4 is 33.6 Å². The van der Waals surface area contributed by atoms with Gasteiger partial charge < -0.3 is 10.2 Å². The van der Waals surface area contributed by atoms with Gasteiger partial charge in [-0.25, -0.2) is 13.1 Å². The van der Waals surface area contributed by atoms with Crippen molar-refractivity contribution in [2.45, 2.75) is 6.54 Å². The summed E-state index contributed by atoms with van der Waals surface area (Å²) in [6, 6.07) is 3.28. The molecule has 1 aromatic heterocycles. The third-order valence-electron chi connectivity index (χ3n) is 1.56. The predicted octanol–water partition coefficient (Wildman–Crippen LogP) is -0.504. The second kappa shape index (κ2) is 5.75. The highest BCUT2D eigenvalue weighted by atomic mass is 32.2. The molecule has 1 heterocycles. The van der Waals surface area contributed by atoms with E-state index in [9.17, 15) is 8.42 Å². The van der Waals surface area contributed by atoms with Crippen LogP contribution >= 0.6 is 12.2 Å². The van der Waals surface area contributed by atoms with Crippen molar-refractivity contribution in [3.8, 4) is 0 Å². The normalized spacial score (nSPS) is 11.8. The summed E-state index contributed by atoms with van der Waals surface area (Å²) < 4.78 is 29.2. The number of thiocarbonyl (C=S) groups is 1. The lowest BCUT2D eigenvalue weighted by Crippen LogP contribution is -2.23. The summed E-state index contributed by atoms with van der Waals surface area (Å²) >= 11 is 4.54. The fraction of sp³-hybridized carbons (Fsp3) is 0.250. The van der Waals surface area contributed by atoms with Gasteiger partial charge in [-0.1, -0.05) is 0 Å². The van der Waals surface area contributed by atoms with Crippen molar-refractivity contribution in [2.75, 3.05) is 6.26 Å². The van der Waals surface area contributed by atoms with Gasteiger partial charge in [0, 0.05) is 0 Å². The number of nitrogens with zero attached hydrogens (tertiary/aromatic N) is 1. The van der Waals surface area contributed by atoms with Gasteiger partial charge in [-0.05, 0) is 24.4 Å². The molecule has 0 aromatic carbocycles. The quantitative estimate of drug-likeness (QED) is 0.380. The van der Waals surface area contributed by atoms with Crippen LogP contribution in [0.15, 0.2) is 21.7 Å². The largest absolute Gasteiger partial charge is 0.459 e. The Bertz CT molecular complexity index is 521. The molecule has 0 radical (unpaired) electrons. The molecule has 0 amide bonds. The fourth-order valence-corrected chi connectivity index (χ4v) is 1.38. The molecule has 0 aliphatic heterocycles. The fourth-order valence-electron chi connectivity index (χ4n) is 0.921. The van der Waals surface area contributed by atoms with Crippen molar-refractivity contribution in [1.82, 2.24) is 10.1 Å². The number of hydrogen-bond donors (Lipinski definition) is 3. The van der Waals surface area contributed by atoms with Crippen LogP contribution in [-0.2, 0) is 16.6 Å². The summed E-state index contributed by atoms with van der Waals surface area (Å²) in [4.78, 5) is 0. The summed E-state index contributed by atoms with van der Waals surface area (Å²) in [5.41, 5.74) is 7.52. The molecule has 0 saturated heterocycles. The highest BCUT2D eigenvalue weighted by Gasteiger charge is 2.04. The average molecular weight is 276 g/mol. The number of sulfonamides is 1. The van der Waals surface area contributed by atoms with E-state index in [0.29, 0.717) is 11.5 Å². The number of hydrogen-bond acceptors (Lipinski definition) is 5. The number of furan rings is 1. The number of hydrazone groups is 1. The van der Waals surface area contributed by atoms with Crippen molar-refractivity contribution in [2.24, 2.45) is 10.8 Å². The second-order valence-corrected chi connectivity index (χ2v) is 5.40. The van der Waals surface area contributed by atoms with Crippen LogP contribution in [0.2, 0.25) is 0 Å². The van der Waals surface area contributed by atoms with Gasteiger partial charge in [0.1, 0.15) is 11.5 Å². The Kier molecular flexibility index (Phi) is 4.61. The van der Waals surface area contributed by atoms with E-state index in [4.69, 9.17) is 10.2 Å². The summed E-state index contributed by atoms with van der Waals surface area (Å²) in [6.45, 7) is 0.0927. The van der Waals surface area contributed by atoms with Gasteiger partial charge in [0.25, 0.3) is 0 Å². The van der Waals surface area contributed by atoms with Gasteiger partial charge in [-0.3, -0.25) is 5.43 Å². The minimum absolute atomic E-state index is 0.0479. The first kappa shape index (κ1) is 13.6. The maximum absolute atomic E-state index is 10.8.